The van der Waals surface area contributed by atoms with Crippen LogP contribution in [0.15, 0.2) is 24.3 Å². The van der Waals surface area contributed by atoms with E-state index in [1.807, 2.05) is 31.2 Å². The molecule has 0 aromatic heterocycles. The molecule has 1 aliphatic rings. The third-order valence-corrected chi connectivity index (χ3v) is 3.99. The summed E-state index contributed by atoms with van der Waals surface area (Å²) in [6, 6.07) is 7.71. The number of urea groups is 1. The standard InChI is InChI=1S/C17H24N2O4/c1-13-5-2-3-7-15(13)23-12-14-6-4-10-19(11-14)17(22)18-9-8-16(20)21/h2-3,5,7,14H,4,6,8-12H2,1H3,(H,18,22)(H,20,21). The smallest absolute Gasteiger partial charge is 0.317 e. The van der Waals surface area contributed by atoms with E-state index >= 15 is 0 Å². The Balaban J connectivity index is 1.77. The van der Waals surface area contributed by atoms with E-state index in [0.29, 0.717) is 25.6 Å². The van der Waals surface area contributed by atoms with Gasteiger partial charge in [0.25, 0.3) is 0 Å². The van der Waals surface area contributed by atoms with Crippen molar-refractivity contribution in [3.8, 4) is 5.75 Å². The molecule has 2 N–H and O–H groups in total. The van der Waals surface area contributed by atoms with Gasteiger partial charge in [0.2, 0.25) is 0 Å². The van der Waals surface area contributed by atoms with Gasteiger partial charge in [-0.1, -0.05) is 18.2 Å². The van der Waals surface area contributed by atoms with E-state index in [-0.39, 0.29) is 19.0 Å². The number of aliphatic carboxylic acids is 1. The van der Waals surface area contributed by atoms with Gasteiger partial charge in [-0.05, 0) is 31.4 Å². The molecular formula is C17H24N2O4. The Morgan fingerprint density at radius 1 is 1.39 bits per heavy atom. The summed E-state index contributed by atoms with van der Waals surface area (Å²) in [6.45, 7) is 4.11. The molecule has 0 spiro atoms. The third kappa shape index (κ3) is 5.47. The lowest BCUT2D eigenvalue weighted by atomic mass is 9.99. The van der Waals surface area contributed by atoms with Gasteiger partial charge in [-0.25, -0.2) is 4.79 Å². The van der Waals surface area contributed by atoms with E-state index in [1.54, 1.807) is 4.90 Å². The maximum absolute atomic E-state index is 12.0. The molecule has 1 aromatic carbocycles. The largest absolute Gasteiger partial charge is 0.493 e. The summed E-state index contributed by atoms with van der Waals surface area (Å²) in [5.41, 5.74) is 1.10. The number of aryl methyl sites for hydroxylation is 1. The van der Waals surface area contributed by atoms with Crippen molar-refractivity contribution in [2.75, 3.05) is 26.2 Å². The Hall–Kier alpha value is -2.24. The minimum absolute atomic E-state index is 0.0561. The Bertz CT molecular complexity index is 547. The normalized spacial score (nSPS) is 17.6. The molecule has 1 saturated heterocycles. The van der Waals surface area contributed by atoms with Gasteiger partial charge in [0, 0.05) is 25.6 Å². The number of rotatable bonds is 6. The van der Waals surface area contributed by atoms with Crippen molar-refractivity contribution in [2.45, 2.75) is 26.2 Å². The molecule has 0 bridgehead atoms. The second-order valence-electron chi connectivity index (χ2n) is 5.91. The average Bonchev–Trinajstić information content (AvgIpc) is 2.54. The average molecular weight is 320 g/mol. The highest BCUT2D eigenvalue weighted by Gasteiger charge is 2.24. The summed E-state index contributed by atoms with van der Waals surface area (Å²) in [5.74, 6) is 0.276. The molecule has 126 valence electrons. The zero-order valence-electron chi connectivity index (χ0n) is 13.5. The van der Waals surface area contributed by atoms with Gasteiger partial charge in [0.05, 0.1) is 13.0 Å². The number of piperidine rings is 1. The summed E-state index contributed by atoms with van der Waals surface area (Å²) in [5, 5.41) is 11.3. The van der Waals surface area contributed by atoms with Crippen LogP contribution in [0.4, 0.5) is 4.79 Å². The Labute approximate surface area is 136 Å². The third-order valence-electron chi connectivity index (χ3n) is 3.99. The summed E-state index contributed by atoms with van der Waals surface area (Å²) in [4.78, 5) is 24.3. The predicted octanol–water partition coefficient (Wildman–Crippen LogP) is 2.27. The van der Waals surface area contributed by atoms with Crippen LogP contribution >= 0.6 is 0 Å². The number of hydrogen-bond acceptors (Lipinski definition) is 3. The number of carbonyl (C=O) groups excluding carboxylic acids is 1. The lowest BCUT2D eigenvalue weighted by molar-refractivity contribution is -0.136. The van der Waals surface area contributed by atoms with Crippen LogP contribution in [0.5, 0.6) is 5.75 Å². The van der Waals surface area contributed by atoms with E-state index in [9.17, 15) is 9.59 Å². The number of carboxylic acids is 1. The number of carboxylic acid groups (broad SMARTS) is 1. The van der Waals surface area contributed by atoms with Crippen LogP contribution in [0.1, 0.15) is 24.8 Å². The van der Waals surface area contributed by atoms with Crippen molar-refractivity contribution < 1.29 is 19.4 Å². The second kappa shape index (κ2) is 8.41. The van der Waals surface area contributed by atoms with Crippen molar-refractivity contribution in [3.63, 3.8) is 0 Å². The van der Waals surface area contributed by atoms with E-state index in [0.717, 1.165) is 24.2 Å². The molecule has 1 heterocycles. The van der Waals surface area contributed by atoms with Crippen molar-refractivity contribution >= 4 is 12.0 Å². The molecule has 1 aliphatic heterocycles. The zero-order chi connectivity index (χ0) is 16.7. The number of hydrogen-bond donors (Lipinski definition) is 2. The number of amides is 2. The second-order valence-corrected chi connectivity index (χ2v) is 5.91. The van der Waals surface area contributed by atoms with Crippen molar-refractivity contribution in [1.82, 2.24) is 10.2 Å². The Morgan fingerprint density at radius 3 is 2.91 bits per heavy atom. The molecule has 6 heteroatoms. The van der Waals surface area contributed by atoms with Gasteiger partial charge in [-0.15, -0.1) is 0 Å². The maximum Gasteiger partial charge on any atom is 0.317 e. The molecule has 1 unspecified atom stereocenters. The van der Waals surface area contributed by atoms with Gasteiger partial charge in [0.15, 0.2) is 0 Å². The van der Waals surface area contributed by atoms with Gasteiger partial charge in [-0.2, -0.15) is 0 Å². The number of benzene rings is 1. The monoisotopic (exact) mass is 320 g/mol. The molecule has 2 amide bonds. The summed E-state index contributed by atoms with van der Waals surface area (Å²) < 4.78 is 5.88. The molecule has 1 atom stereocenters. The highest BCUT2D eigenvalue weighted by Crippen LogP contribution is 2.21. The number of likely N-dealkylation sites (tertiary alicyclic amines) is 1. The van der Waals surface area contributed by atoms with Crippen molar-refractivity contribution in [3.05, 3.63) is 29.8 Å². The first-order valence-electron chi connectivity index (χ1n) is 7.99. The highest BCUT2D eigenvalue weighted by atomic mass is 16.5. The minimum atomic E-state index is -0.909. The van der Waals surface area contributed by atoms with Crippen molar-refractivity contribution in [1.29, 1.82) is 0 Å². The van der Waals surface area contributed by atoms with Crippen molar-refractivity contribution in [2.24, 2.45) is 5.92 Å². The van der Waals surface area contributed by atoms with E-state index in [4.69, 9.17) is 9.84 Å². The van der Waals surface area contributed by atoms with Crippen LogP contribution < -0.4 is 10.1 Å². The number of para-hydroxylation sites is 1. The molecule has 23 heavy (non-hydrogen) atoms. The molecule has 1 fully saturated rings. The van der Waals surface area contributed by atoms with Gasteiger partial charge in [-0.3, -0.25) is 4.79 Å². The van der Waals surface area contributed by atoms with Crippen LogP contribution in [0.3, 0.4) is 0 Å². The molecule has 0 radical (unpaired) electrons. The van der Waals surface area contributed by atoms with E-state index < -0.39 is 5.97 Å². The number of carbonyl (C=O) groups is 2. The van der Waals surface area contributed by atoms with Crippen LogP contribution in [-0.2, 0) is 4.79 Å². The maximum atomic E-state index is 12.0. The van der Waals surface area contributed by atoms with Crippen LogP contribution in [0, 0.1) is 12.8 Å². The lowest BCUT2D eigenvalue weighted by Crippen LogP contribution is -2.46. The molecule has 6 nitrogen and oxygen atoms in total. The van der Waals surface area contributed by atoms with E-state index in [1.165, 1.54) is 0 Å². The SMILES string of the molecule is Cc1ccccc1OCC1CCCN(C(=O)NCCC(=O)O)C1. The van der Waals surface area contributed by atoms with Gasteiger partial charge in [0.1, 0.15) is 5.75 Å². The van der Waals surface area contributed by atoms with E-state index in [2.05, 4.69) is 5.32 Å². The Kier molecular flexibility index (Phi) is 6.26. The summed E-state index contributed by atoms with van der Waals surface area (Å²) in [7, 11) is 0. The van der Waals surface area contributed by atoms with Crippen LogP contribution in [0.2, 0.25) is 0 Å². The molecular weight excluding hydrogens is 296 g/mol. The van der Waals surface area contributed by atoms with Gasteiger partial charge < -0.3 is 20.1 Å². The topological polar surface area (TPSA) is 78.9 Å². The fourth-order valence-corrected chi connectivity index (χ4v) is 2.70. The summed E-state index contributed by atoms with van der Waals surface area (Å²) >= 11 is 0. The number of nitrogens with zero attached hydrogens (tertiary/aromatic N) is 1. The quantitative estimate of drug-likeness (QED) is 0.843. The molecule has 2 rings (SSSR count). The first-order valence-corrected chi connectivity index (χ1v) is 7.99. The number of nitrogens with one attached hydrogen (secondary N) is 1. The number of ether oxygens (including phenoxy) is 1. The summed E-state index contributed by atoms with van der Waals surface area (Å²) in [6.07, 6.45) is 1.92. The van der Waals surface area contributed by atoms with Gasteiger partial charge >= 0.3 is 12.0 Å². The highest BCUT2D eigenvalue weighted by molar-refractivity contribution is 5.75. The Morgan fingerprint density at radius 2 is 2.17 bits per heavy atom. The lowest BCUT2D eigenvalue weighted by Gasteiger charge is -2.32. The molecule has 1 aromatic rings. The minimum Gasteiger partial charge on any atom is -0.493 e. The first-order chi connectivity index (χ1) is 11.1. The predicted molar refractivity (Wildman–Crippen MR) is 86.6 cm³/mol. The fourth-order valence-electron chi connectivity index (χ4n) is 2.70. The molecule has 0 saturated carbocycles. The fraction of sp³-hybridized carbons (Fsp3) is 0.529. The molecule has 0 aliphatic carbocycles. The van der Waals surface area contributed by atoms with Crippen LogP contribution in [0.25, 0.3) is 0 Å². The zero-order valence-corrected chi connectivity index (χ0v) is 13.5. The van der Waals surface area contributed by atoms with Crippen LogP contribution in [-0.4, -0.2) is 48.2 Å². The first kappa shape index (κ1) is 17.1.